The van der Waals surface area contributed by atoms with E-state index in [2.05, 4.69) is 39.2 Å². The summed E-state index contributed by atoms with van der Waals surface area (Å²) in [5.74, 6) is 1.93. The van der Waals surface area contributed by atoms with E-state index in [0.29, 0.717) is 0 Å². The number of rotatable bonds is 7. The van der Waals surface area contributed by atoms with Gasteiger partial charge in [0.15, 0.2) is 0 Å². The quantitative estimate of drug-likeness (QED) is 0.684. The first-order valence-corrected chi connectivity index (χ1v) is 12.1. The number of hydrogen-bond donors (Lipinski definition) is 1. The van der Waals surface area contributed by atoms with Crippen LogP contribution in [-0.4, -0.2) is 64.8 Å². The summed E-state index contributed by atoms with van der Waals surface area (Å²) in [5, 5.41) is 13.6. The second kappa shape index (κ2) is 9.92. The van der Waals surface area contributed by atoms with Gasteiger partial charge in [0.25, 0.3) is 0 Å². The predicted octanol–water partition coefficient (Wildman–Crippen LogP) is 3.03. The van der Waals surface area contributed by atoms with E-state index in [1.807, 2.05) is 29.1 Å². The normalized spacial score (nSPS) is 23.6. The van der Waals surface area contributed by atoms with Crippen LogP contribution in [-0.2, 0) is 4.79 Å². The van der Waals surface area contributed by atoms with Gasteiger partial charge in [0.05, 0.1) is 0 Å². The van der Waals surface area contributed by atoms with Gasteiger partial charge >= 0.3 is 0 Å². The SMILES string of the molecule is C[C@H]1C[C@H](C)CN(CCCNC(=O)C2CCN(c3nnc(-n4cccc4)s3)CC2)C1. The highest BCUT2D eigenvalue weighted by atomic mass is 32.1. The third-order valence-corrected chi connectivity index (χ3v) is 7.26. The Morgan fingerprint density at radius 3 is 2.47 bits per heavy atom. The molecule has 2 saturated heterocycles. The summed E-state index contributed by atoms with van der Waals surface area (Å²) in [5.41, 5.74) is 0. The monoisotopic (exact) mass is 430 g/mol. The molecule has 7 nitrogen and oxygen atoms in total. The van der Waals surface area contributed by atoms with Crippen LogP contribution in [0.15, 0.2) is 24.5 Å². The van der Waals surface area contributed by atoms with Gasteiger partial charge in [0.1, 0.15) is 0 Å². The number of nitrogens with zero attached hydrogens (tertiary/aromatic N) is 5. The van der Waals surface area contributed by atoms with Crippen LogP contribution in [0, 0.1) is 17.8 Å². The number of carbonyl (C=O) groups excluding carboxylic acids is 1. The van der Waals surface area contributed by atoms with Crippen LogP contribution >= 0.6 is 11.3 Å². The van der Waals surface area contributed by atoms with Crippen molar-refractivity contribution >= 4 is 22.4 Å². The molecule has 2 aromatic rings. The average Bonchev–Trinajstić information content (AvgIpc) is 3.42. The zero-order chi connectivity index (χ0) is 20.9. The molecule has 2 aromatic heterocycles. The van der Waals surface area contributed by atoms with Gasteiger partial charge in [-0.2, -0.15) is 0 Å². The lowest BCUT2D eigenvalue weighted by atomic mass is 9.92. The lowest BCUT2D eigenvalue weighted by Crippen LogP contribution is -2.42. The molecule has 2 fully saturated rings. The molecule has 0 aliphatic carbocycles. The minimum absolute atomic E-state index is 0.119. The van der Waals surface area contributed by atoms with E-state index < -0.39 is 0 Å². The summed E-state index contributed by atoms with van der Waals surface area (Å²) in [4.78, 5) is 17.4. The average molecular weight is 431 g/mol. The largest absolute Gasteiger partial charge is 0.356 e. The summed E-state index contributed by atoms with van der Waals surface area (Å²) in [6, 6.07) is 3.97. The lowest BCUT2D eigenvalue weighted by Gasteiger charge is -2.35. The molecule has 4 rings (SSSR count). The molecule has 2 aliphatic rings. The second-order valence-electron chi connectivity index (χ2n) is 9.07. The summed E-state index contributed by atoms with van der Waals surface area (Å²) >= 11 is 1.60. The van der Waals surface area contributed by atoms with Crippen molar-refractivity contribution in [2.45, 2.75) is 39.5 Å². The molecule has 0 unspecified atom stereocenters. The highest BCUT2D eigenvalue weighted by Crippen LogP contribution is 2.28. The molecule has 30 heavy (non-hydrogen) atoms. The zero-order valence-corrected chi connectivity index (χ0v) is 19.0. The van der Waals surface area contributed by atoms with E-state index in [-0.39, 0.29) is 11.8 Å². The molecule has 2 atom stereocenters. The van der Waals surface area contributed by atoms with Crippen LogP contribution in [0.2, 0.25) is 0 Å². The molecule has 8 heteroatoms. The van der Waals surface area contributed by atoms with E-state index in [9.17, 15) is 4.79 Å². The number of aromatic nitrogens is 3. The van der Waals surface area contributed by atoms with E-state index in [0.717, 1.165) is 67.5 Å². The van der Waals surface area contributed by atoms with Crippen LogP contribution < -0.4 is 10.2 Å². The molecular formula is C22H34N6OS. The van der Waals surface area contributed by atoms with Crippen LogP contribution in [0.1, 0.15) is 39.5 Å². The lowest BCUT2D eigenvalue weighted by molar-refractivity contribution is -0.125. The van der Waals surface area contributed by atoms with E-state index >= 15 is 0 Å². The Morgan fingerprint density at radius 2 is 1.77 bits per heavy atom. The molecule has 164 valence electrons. The van der Waals surface area contributed by atoms with Crippen molar-refractivity contribution < 1.29 is 4.79 Å². The molecule has 1 N–H and O–H groups in total. The Bertz CT molecular complexity index is 788. The number of nitrogens with one attached hydrogen (secondary N) is 1. The number of likely N-dealkylation sites (tertiary alicyclic amines) is 1. The summed E-state index contributed by atoms with van der Waals surface area (Å²) < 4.78 is 1.98. The standard InChI is InChI=1S/C22H34N6OS/c1-17-14-18(2)16-26(15-17)9-5-8-23-20(29)19-6-12-28(13-7-19)22-25-24-21(30-22)27-10-3-4-11-27/h3-4,10-11,17-19H,5-9,12-16H2,1-2H3,(H,23,29)/t17-,18-/m0/s1. The predicted molar refractivity (Wildman–Crippen MR) is 121 cm³/mol. The van der Waals surface area contributed by atoms with Gasteiger partial charge in [-0.3, -0.25) is 9.36 Å². The van der Waals surface area contributed by atoms with E-state index in [1.165, 1.54) is 19.5 Å². The maximum atomic E-state index is 12.6. The number of piperidine rings is 2. The van der Waals surface area contributed by atoms with Crippen molar-refractivity contribution in [1.82, 2.24) is 25.0 Å². The van der Waals surface area contributed by atoms with Gasteiger partial charge in [-0.15, -0.1) is 10.2 Å². The number of amides is 1. The van der Waals surface area contributed by atoms with Gasteiger partial charge in [-0.25, -0.2) is 0 Å². The maximum Gasteiger partial charge on any atom is 0.223 e. The van der Waals surface area contributed by atoms with Gasteiger partial charge in [0.2, 0.25) is 16.2 Å². The molecule has 0 spiro atoms. The fourth-order valence-corrected chi connectivity index (χ4v) is 5.73. The van der Waals surface area contributed by atoms with Gasteiger partial charge in [-0.1, -0.05) is 25.2 Å². The van der Waals surface area contributed by atoms with Crippen molar-refractivity contribution in [3.63, 3.8) is 0 Å². The van der Waals surface area contributed by atoms with Crippen LogP contribution in [0.5, 0.6) is 0 Å². The fraction of sp³-hybridized carbons (Fsp3) is 0.682. The first-order valence-electron chi connectivity index (χ1n) is 11.3. The third-order valence-electron chi connectivity index (χ3n) is 6.26. The fourth-order valence-electron chi connectivity index (χ4n) is 4.87. The van der Waals surface area contributed by atoms with Crippen molar-refractivity contribution in [2.24, 2.45) is 17.8 Å². The van der Waals surface area contributed by atoms with Crippen LogP contribution in [0.4, 0.5) is 5.13 Å². The minimum atomic E-state index is 0.119. The van der Waals surface area contributed by atoms with Gasteiger partial charge in [-0.05, 0) is 56.2 Å². The third kappa shape index (κ3) is 5.40. The molecular weight excluding hydrogens is 396 g/mol. The van der Waals surface area contributed by atoms with Crippen molar-refractivity contribution in [3.05, 3.63) is 24.5 Å². The number of hydrogen-bond acceptors (Lipinski definition) is 6. The Labute approximate surface area is 183 Å². The Hall–Kier alpha value is -1.93. The van der Waals surface area contributed by atoms with Crippen LogP contribution in [0.25, 0.3) is 5.13 Å². The smallest absolute Gasteiger partial charge is 0.223 e. The molecule has 0 aromatic carbocycles. The van der Waals surface area contributed by atoms with Gasteiger partial charge in [0, 0.05) is 51.0 Å². The van der Waals surface area contributed by atoms with E-state index in [1.54, 1.807) is 11.3 Å². The summed E-state index contributed by atoms with van der Waals surface area (Å²) in [6.45, 7) is 10.7. The highest BCUT2D eigenvalue weighted by Gasteiger charge is 2.27. The van der Waals surface area contributed by atoms with Crippen LogP contribution in [0.3, 0.4) is 0 Å². The number of anilines is 1. The number of carbonyl (C=O) groups is 1. The molecule has 0 saturated carbocycles. The van der Waals surface area contributed by atoms with Crippen molar-refractivity contribution in [1.29, 1.82) is 0 Å². The highest BCUT2D eigenvalue weighted by molar-refractivity contribution is 7.17. The Morgan fingerprint density at radius 1 is 1.10 bits per heavy atom. The molecule has 4 heterocycles. The molecule has 2 aliphatic heterocycles. The van der Waals surface area contributed by atoms with E-state index in [4.69, 9.17) is 0 Å². The Balaban J connectivity index is 1.16. The van der Waals surface area contributed by atoms with Gasteiger partial charge < -0.3 is 15.1 Å². The maximum absolute atomic E-state index is 12.6. The summed E-state index contributed by atoms with van der Waals surface area (Å²) in [6.07, 6.45) is 8.10. The summed E-state index contributed by atoms with van der Waals surface area (Å²) in [7, 11) is 0. The first kappa shape index (κ1) is 21.3. The van der Waals surface area contributed by atoms with Crippen molar-refractivity contribution in [3.8, 4) is 5.13 Å². The zero-order valence-electron chi connectivity index (χ0n) is 18.2. The molecule has 1 amide bonds. The topological polar surface area (TPSA) is 66.3 Å². The molecule has 0 radical (unpaired) electrons. The molecule has 0 bridgehead atoms. The minimum Gasteiger partial charge on any atom is -0.356 e. The Kier molecular flexibility index (Phi) is 7.04. The second-order valence-corrected chi connectivity index (χ2v) is 10.0. The first-order chi connectivity index (χ1) is 14.6. The van der Waals surface area contributed by atoms with Crippen molar-refractivity contribution in [2.75, 3.05) is 44.2 Å².